The van der Waals surface area contributed by atoms with Crippen molar-refractivity contribution in [1.29, 1.82) is 0 Å². The van der Waals surface area contributed by atoms with E-state index < -0.39 is 12.2 Å². The zero-order valence-corrected chi connectivity index (χ0v) is 12.3. The molecule has 0 radical (unpaired) electrons. The van der Waals surface area contributed by atoms with Crippen LogP contribution in [0.5, 0.6) is 0 Å². The van der Waals surface area contributed by atoms with Crippen molar-refractivity contribution in [2.24, 2.45) is 0 Å². The quantitative estimate of drug-likeness (QED) is 0.861. The number of aliphatic hydroxyl groups is 1. The van der Waals surface area contributed by atoms with Gasteiger partial charge < -0.3 is 14.7 Å². The van der Waals surface area contributed by atoms with Gasteiger partial charge in [-0.05, 0) is 19.1 Å². The van der Waals surface area contributed by atoms with Gasteiger partial charge in [-0.1, -0.05) is 17.7 Å². The second kappa shape index (κ2) is 5.05. The molecular formula is C14H14ClN3O3. The fourth-order valence-corrected chi connectivity index (χ4v) is 2.77. The van der Waals surface area contributed by atoms with Crippen LogP contribution in [-0.4, -0.2) is 34.3 Å². The molecule has 7 heteroatoms. The number of halogens is 1. The van der Waals surface area contributed by atoms with Gasteiger partial charge in [0.15, 0.2) is 17.7 Å². The minimum absolute atomic E-state index is 0.170. The Balaban J connectivity index is 2.21. The van der Waals surface area contributed by atoms with Crippen molar-refractivity contribution in [3.8, 4) is 5.69 Å². The Morgan fingerprint density at radius 3 is 3.00 bits per heavy atom. The summed E-state index contributed by atoms with van der Waals surface area (Å²) in [6, 6.07) is 5.32. The first kappa shape index (κ1) is 13.9. The molecular weight excluding hydrogens is 294 g/mol. The Bertz CT molecular complexity index is 713. The molecule has 0 spiro atoms. The predicted molar refractivity (Wildman–Crippen MR) is 77.9 cm³/mol. The highest BCUT2D eigenvalue weighted by Crippen LogP contribution is 2.40. The topological polar surface area (TPSA) is 67.6 Å². The number of carbonyl (C=O) groups excluding carboxylic acids is 1. The summed E-state index contributed by atoms with van der Waals surface area (Å²) in [4.78, 5) is 17.6. The summed E-state index contributed by atoms with van der Waals surface area (Å²) in [6.07, 6.45) is 0.574. The van der Waals surface area contributed by atoms with E-state index in [1.54, 1.807) is 35.6 Å². The number of aromatic nitrogens is 2. The first-order chi connectivity index (χ1) is 10.1. The van der Waals surface area contributed by atoms with Gasteiger partial charge in [-0.25, -0.2) is 9.78 Å². The molecule has 0 amide bonds. The lowest BCUT2D eigenvalue weighted by molar-refractivity contribution is 0.0520. The van der Waals surface area contributed by atoms with Gasteiger partial charge >= 0.3 is 5.97 Å². The number of anilines is 1. The first-order valence-electron chi connectivity index (χ1n) is 6.50. The molecule has 6 nitrogen and oxygen atoms in total. The molecule has 0 fully saturated rings. The molecule has 0 aliphatic carbocycles. The highest BCUT2D eigenvalue weighted by Gasteiger charge is 2.34. The number of hydrogen-bond acceptors (Lipinski definition) is 5. The molecule has 3 rings (SSSR count). The van der Waals surface area contributed by atoms with Crippen LogP contribution >= 0.6 is 11.6 Å². The molecule has 110 valence electrons. The Kier molecular flexibility index (Phi) is 3.35. The Morgan fingerprint density at radius 2 is 2.29 bits per heavy atom. The molecule has 21 heavy (non-hydrogen) atoms. The van der Waals surface area contributed by atoms with Gasteiger partial charge in [0.1, 0.15) is 6.33 Å². The average molecular weight is 308 g/mol. The van der Waals surface area contributed by atoms with Crippen LogP contribution in [0.15, 0.2) is 24.5 Å². The van der Waals surface area contributed by atoms with E-state index >= 15 is 0 Å². The smallest absolute Gasteiger partial charge is 0.360 e. The Labute approximate surface area is 126 Å². The van der Waals surface area contributed by atoms with Crippen molar-refractivity contribution >= 4 is 23.4 Å². The minimum Gasteiger partial charge on any atom is -0.461 e. The van der Waals surface area contributed by atoms with Crippen LogP contribution in [0.25, 0.3) is 5.69 Å². The van der Waals surface area contributed by atoms with Crippen LogP contribution in [0.2, 0.25) is 5.02 Å². The van der Waals surface area contributed by atoms with Gasteiger partial charge in [-0.3, -0.25) is 4.57 Å². The normalized spacial score (nSPS) is 16.4. The van der Waals surface area contributed by atoms with Crippen molar-refractivity contribution < 1.29 is 14.6 Å². The molecule has 1 atom stereocenters. The highest BCUT2D eigenvalue weighted by atomic mass is 35.5. The molecule has 0 saturated carbocycles. The van der Waals surface area contributed by atoms with E-state index in [0.717, 1.165) is 0 Å². The summed E-state index contributed by atoms with van der Waals surface area (Å²) in [5.74, 6) is -0.0357. The van der Waals surface area contributed by atoms with Crippen molar-refractivity contribution in [1.82, 2.24) is 9.55 Å². The molecule has 0 saturated heterocycles. The SMILES string of the molecule is CCOC(=O)c1ncn2c1N(C)C(O)c1c(Cl)cccc1-2. The molecule has 1 aromatic heterocycles. The fraction of sp³-hybridized carbons (Fsp3) is 0.286. The predicted octanol–water partition coefficient (Wildman–Crippen LogP) is 2.14. The zero-order valence-electron chi connectivity index (χ0n) is 11.6. The lowest BCUT2D eigenvalue weighted by atomic mass is 10.1. The largest absolute Gasteiger partial charge is 0.461 e. The standard InChI is InChI=1S/C14H14ClN3O3/c1-3-21-14(20)11-12-17(2)13(19)10-8(15)5-4-6-9(10)18(12)7-16-11/h4-7,13,19H,3H2,1-2H3. The lowest BCUT2D eigenvalue weighted by Gasteiger charge is -2.34. The number of imidazole rings is 1. The third-order valence-corrected chi connectivity index (χ3v) is 3.79. The molecule has 1 N–H and O–H groups in total. The van der Waals surface area contributed by atoms with Crippen LogP contribution in [0.1, 0.15) is 29.2 Å². The molecule has 0 bridgehead atoms. The number of benzene rings is 1. The van der Waals surface area contributed by atoms with Gasteiger partial charge in [-0.15, -0.1) is 0 Å². The van der Waals surface area contributed by atoms with Gasteiger partial charge in [0.05, 0.1) is 17.3 Å². The Hall–Kier alpha value is -2.05. The summed E-state index contributed by atoms with van der Waals surface area (Å²) in [5.41, 5.74) is 1.46. The van der Waals surface area contributed by atoms with E-state index in [-0.39, 0.29) is 12.3 Å². The first-order valence-corrected chi connectivity index (χ1v) is 6.88. The number of esters is 1. The summed E-state index contributed by atoms with van der Waals surface area (Å²) in [6.45, 7) is 1.99. The lowest BCUT2D eigenvalue weighted by Crippen LogP contribution is -2.32. The van der Waals surface area contributed by atoms with E-state index in [9.17, 15) is 9.90 Å². The summed E-state index contributed by atoms with van der Waals surface area (Å²) < 4.78 is 6.72. The zero-order chi connectivity index (χ0) is 15.1. The fourth-order valence-electron chi connectivity index (χ4n) is 2.50. The molecule has 1 aliphatic rings. The van der Waals surface area contributed by atoms with Crippen molar-refractivity contribution in [2.45, 2.75) is 13.2 Å². The summed E-state index contributed by atoms with van der Waals surface area (Å²) >= 11 is 6.18. The van der Waals surface area contributed by atoms with E-state index in [1.165, 1.54) is 6.33 Å². The molecule has 1 aromatic carbocycles. The highest BCUT2D eigenvalue weighted by molar-refractivity contribution is 6.31. The van der Waals surface area contributed by atoms with Crippen molar-refractivity contribution in [3.05, 3.63) is 40.8 Å². The second-order valence-electron chi connectivity index (χ2n) is 4.66. The van der Waals surface area contributed by atoms with E-state index in [1.807, 2.05) is 6.07 Å². The average Bonchev–Trinajstić information content (AvgIpc) is 2.90. The maximum atomic E-state index is 12.0. The van der Waals surface area contributed by atoms with E-state index in [0.29, 0.717) is 22.1 Å². The Morgan fingerprint density at radius 1 is 1.52 bits per heavy atom. The van der Waals surface area contributed by atoms with Gasteiger partial charge in [0.25, 0.3) is 0 Å². The summed E-state index contributed by atoms with van der Waals surface area (Å²) in [7, 11) is 1.67. The number of aliphatic hydroxyl groups excluding tert-OH is 1. The number of carbonyl (C=O) groups is 1. The number of nitrogens with zero attached hydrogens (tertiary/aromatic N) is 3. The number of fused-ring (bicyclic) bond motifs is 3. The van der Waals surface area contributed by atoms with Crippen molar-refractivity contribution in [3.63, 3.8) is 0 Å². The van der Waals surface area contributed by atoms with E-state index in [2.05, 4.69) is 4.98 Å². The summed E-state index contributed by atoms with van der Waals surface area (Å²) in [5, 5.41) is 10.9. The third kappa shape index (κ3) is 1.99. The monoisotopic (exact) mass is 307 g/mol. The van der Waals surface area contributed by atoms with Crippen LogP contribution < -0.4 is 4.90 Å². The molecule has 1 unspecified atom stereocenters. The van der Waals surface area contributed by atoms with Crippen LogP contribution in [-0.2, 0) is 4.74 Å². The molecule has 2 heterocycles. The molecule has 1 aliphatic heterocycles. The maximum absolute atomic E-state index is 12.0. The van der Waals surface area contributed by atoms with Gasteiger partial charge in [0, 0.05) is 12.6 Å². The number of rotatable bonds is 2. The number of ether oxygens (including phenoxy) is 1. The van der Waals surface area contributed by atoms with Crippen LogP contribution in [0.3, 0.4) is 0 Å². The maximum Gasteiger partial charge on any atom is 0.360 e. The molecule has 2 aromatic rings. The van der Waals surface area contributed by atoms with Crippen LogP contribution in [0, 0.1) is 0 Å². The van der Waals surface area contributed by atoms with Gasteiger partial charge in [0.2, 0.25) is 0 Å². The second-order valence-corrected chi connectivity index (χ2v) is 5.07. The number of hydrogen-bond donors (Lipinski definition) is 1. The van der Waals surface area contributed by atoms with Gasteiger partial charge in [-0.2, -0.15) is 0 Å². The minimum atomic E-state index is -0.953. The third-order valence-electron chi connectivity index (χ3n) is 3.46. The van der Waals surface area contributed by atoms with Crippen LogP contribution in [0.4, 0.5) is 5.82 Å². The van der Waals surface area contributed by atoms with E-state index in [4.69, 9.17) is 16.3 Å². The van der Waals surface area contributed by atoms with Crippen molar-refractivity contribution in [2.75, 3.05) is 18.6 Å².